The molecule has 5 atom stereocenters. The molecule has 11 nitrogen and oxygen atoms in total. The molecule has 4 fully saturated rings. The molecule has 5 aliphatic rings. The zero-order valence-corrected chi connectivity index (χ0v) is 19.9. The number of ketones is 1. The quantitative estimate of drug-likeness (QED) is 0.456. The standard InChI is InChI=1S/C24H26N2O9/c1-25-16-12(6-7-13(32-2)17(16)33-3)22-10-14(27)26-9-5-8-21(11-15(28)35-24(21,22)26)19(29)23(31,18(22)25)20(30)34-4/h6-7,18,31H,5,8-11H2,1-4H3/t18-,21-,22+,23-,24-/m0/s1. The number of carbonyl (C=O) groups excluding carboxylic acids is 4. The molecule has 4 heterocycles. The Morgan fingerprint density at radius 2 is 1.89 bits per heavy atom. The molecule has 6 rings (SSSR count). The molecule has 4 aliphatic heterocycles. The third kappa shape index (κ3) is 1.95. The minimum Gasteiger partial charge on any atom is -0.493 e. The molecule has 2 spiro atoms. The van der Waals surface area contributed by atoms with E-state index < -0.39 is 45.9 Å². The summed E-state index contributed by atoms with van der Waals surface area (Å²) in [6.45, 7) is 0.290. The second-order valence-corrected chi connectivity index (χ2v) is 9.97. The lowest BCUT2D eigenvalue weighted by molar-refractivity contribution is -0.245. The van der Waals surface area contributed by atoms with Crippen LogP contribution in [0.1, 0.15) is 31.2 Å². The lowest BCUT2D eigenvalue weighted by atomic mass is 9.46. The molecule has 1 amide bonds. The van der Waals surface area contributed by atoms with E-state index in [9.17, 15) is 24.3 Å². The number of benzene rings is 1. The largest absolute Gasteiger partial charge is 0.493 e. The second-order valence-electron chi connectivity index (χ2n) is 9.97. The predicted molar refractivity (Wildman–Crippen MR) is 117 cm³/mol. The van der Waals surface area contributed by atoms with Crippen LogP contribution in [0.2, 0.25) is 0 Å². The van der Waals surface area contributed by atoms with Gasteiger partial charge in [-0.1, -0.05) is 6.07 Å². The van der Waals surface area contributed by atoms with Crippen molar-refractivity contribution in [3.05, 3.63) is 17.7 Å². The van der Waals surface area contributed by atoms with Crippen LogP contribution in [0, 0.1) is 5.41 Å². The molecule has 0 bridgehead atoms. The summed E-state index contributed by atoms with van der Waals surface area (Å²) in [6, 6.07) is 2.09. The Kier molecular flexibility index (Phi) is 4.08. The van der Waals surface area contributed by atoms with Gasteiger partial charge in [-0.05, 0) is 24.5 Å². The number of ether oxygens (including phenoxy) is 4. The van der Waals surface area contributed by atoms with Crippen molar-refractivity contribution in [1.82, 2.24) is 4.90 Å². The summed E-state index contributed by atoms with van der Waals surface area (Å²) in [6.07, 6.45) is 0.0891. The Balaban J connectivity index is 1.79. The monoisotopic (exact) mass is 486 g/mol. The van der Waals surface area contributed by atoms with Gasteiger partial charge in [0.15, 0.2) is 17.3 Å². The Labute approximate surface area is 200 Å². The van der Waals surface area contributed by atoms with E-state index in [1.165, 1.54) is 19.1 Å². The van der Waals surface area contributed by atoms with Crippen molar-refractivity contribution < 1.29 is 43.2 Å². The smallest absolute Gasteiger partial charge is 0.348 e. The van der Waals surface area contributed by atoms with Gasteiger partial charge in [-0.25, -0.2) is 4.79 Å². The fourth-order valence-electron chi connectivity index (χ4n) is 8.07. The molecule has 1 saturated carbocycles. The van der Waals surface area contributed by atoms with E-state index in [4.69, 9.17) is 18.9 Å². The van der Waals surface area contributed by atoms with Gasteiger partial charge < -0.3 is 33.9 Å². The number of methoxy groups -OCH3 is 3. The van der Waals surface area contributed by atoms with Gasteiger partial charge in [-0.15, -0.1) is 0 Å². The highest BCUT2D eigenvalue weighted by Crippen LogP contribution is 2.75. The highest BCUT2D eigenvalue weighted by molar-refractivity contribution is 6.16. The highest BCUT2D eigenvalue weighted by atomic mass is 16.6. The number of piperidine rings is 1. The number of likely N-dealkylation sites (N-methyl/N-ethyl adjacent to an activating group) is 1. The van der Waals surface area contributed by atoms with Crippen molar-refractivity contribution in [3.63, 3.8) is 0 Å². The summed E-state index contributed by atoms with van der Waals surface area (Å²) < 4.78 is 22.2. The van der Waals surface area contributed by atoms with Gasteiger partial charge in [0.25, 0.3) is 0 Å². The van der Waals surface area contributed by atoms with E-state index in [1.54, 1.807) is 24.1 Å². The summed E-state index contributed by atoms with van der Waals surface area (Å²) in [5, 5.41) is 12.1. The third-order valence-electron chi connectivity index (χ3n) is 8.94. The highest BCUT2D eigenvalue weighted by Gasteiger charge is 2.92. The van der Waals surface area contributed by atoms with Gasteiger partial charge in [0.1, 0.15) is 5.41 Å². The lowest BCUT2D eigenvalue weighted by Gasteiger charge is -2.62. The number of hydrogen-bond acceptors (Lipinski definition) is 10. The first-order chi connectivity index (χ1) is 16.6. The van der Waals surface area contributed by atoms with Gasteiger partial charge in [0.05, 0.1) is 44.9 Å². The van der Waals surface area contributed by atoms with Crippen LogP contribution in [0.4, 0.5) is 5.69 Å². The third-order valence-corrected chi connectivity index (χ3v) is 8.94. The Bertz CT molecular complexity index is 1230. The maximum Gasteiger partial charge on any atom is 0.348 e. The molecule has 35 heavy (non-hydrogen) atoms. The van der Waals surface area contributed by atoms with Crippen molar-refractivity contribution >= 4 is 29.3 Å². The van der Waals surface area contributed by atoms with Crippen LogP contribution in [-0.4, -0.2) is 85.9 Å². The topological polar surface area (TPSA) is 132 Å². The van der Waals surface area contributed by atoms with Crippen LogP contribution in [0.25, 0.3) is 0 Å². The number of amides is 1. The van der Waals surface area contributed by atoms with Gasteiger partial charge in [-0.3, -0.25) is 14.4 Å². The number of anilines is 1. The average Bonchev–Trinajstić information content (AvgIpc) is 3.40. The molecule has 186 valence electrons. The van der Waals surface area contributed by atoms with Gasteiger partial charge >= 0.3 is 11.9 Å². The molecule has 11 heteroatoms. The van der Waals surface area contributed by atoms with Crippen molar-refractivity contribution in [1.29, 1.82) is 0 Å². The SMILES string of the molecule is COC(=O)[C@@]1(O)C(=O)[C@@]23CCCN4C(=O)C[C@]5(c6ccc(OC)c(OC)c6N(C)[C@H]15)[C@]42OC(=O)C3. The minimum absolute atomic E-state index is 0.174. The summed E-state index contributed by atoms with van der Waals surface area (Å²) in [7, 11) is 5.63. The van der Waals surface area contributed by atoms with E-state index in [0.717, 1.165) is 7.11 Å². The Morgan fingerprint density at radius 1 is 1.14 bits per heavy atom. The van der Waals surface area contributed by atoms with Crippen molar-refractivity contribution in [2.75, 3.05) is 39.8 Å². The molecular weight excluding hydrogens is 460 g/mol. The zero-order chi connectivity index (χ0) is 25.1. The second kappa shape index (κ2) is 6.45. The predicted octanol–water partition coefficient (Wildman–Crippen LogP) is -0.0975. The summed E-state index contributed by atoms with van der Waals surface area (Å²) in [5.74, 6) is -2.26. The minimum atomic E-state index is -2.67. The van der Waals surface area contributed by atoms with E-state index in [1.807, 2.05) is 0 Å². The van der Waals surface area contributed by atoms with Gasteiger partial charge in [-0.2, -0.15) is 0 Å². The number of hydrogen-bond donors (Lipinski definition) is 1. The number of esters is 2. The molecule has 0 aromatic heterocycles. The van der Waals surface area contributed by atoms with E-state index in [0.29, 0.717) is 35.7 Å². The number of carbonyl (C=O) groups is 4. The molecule has 0 radical (unpaired) electrons. The van der Waals surface area contributed by atoms with Crippen molar-refractivity contribution in [3.8, 4) is 11.5 Å². The molecule has 1 N–H and O–H groups in total. The van der Waals surface area contributed by atoms with Crippen LogP contribution in [0.15, 0.2) is 12.1 Å². The molecule has 0 unspecified atom stereocenters. The van der Waals surface area contributed by atoms with Crippen LogP contribution < -0.4 is 14.4 Å². The molecule has 1 aromatic rings. The number of fused-ring (bicyclic) bond motifs is 1. The first-order valence-corrected chi connectivity index (χ1v) is 11.5. The fraction of sp³-hybridized carbons (Fsp3) is 0.583. The van der Waals surface area contributed by atoms with Gasteiger partial charge in [0, 0.05) is 20.0 Å². The summed E-state index contributed by atoms with van der Waals surface area (Å²) in [4.78, 5) is 57.4. The van der Waals surface area contributed by atoms with Crippen LogP contribution in [-0.2, 0) is 34.1 Å². The Morgan fingerprint density at radius 3 is 2.54 bits per heavy atom. The normalized spacial score (nSPS) is 38.4. The number of aliphatic hydroxyl groups is 1. The van der Waals surface area contributed by atoms with E-state index in [2.05, 4.69) is 0 Å². The van der Waals surface area contributed by atoms with Crippen LogP contribution >= 0.6 is 0 Å². The maximum atomic E-state index is 14.4. The first kappa shape index (κ1) is 22.1. The first-order valence-electron chi connectivity index (χ1n) is 11.5. The van der Waals surface area contributed by atoms with Crippen LogP contribution in [0.3, 0.4) is 0 Å². The molecular formula is C24H26N2O9. The fourth-order valence-corrected chi connectivity index (χ4v) is 8.07. The summed E-state index contributed by atoms with van der Waals surface area (Å²) in [5.41, 5.74) is -6.44. The summed E-state index contributed by atoms with van der Waals surface area (Å²) >= 11 is 0. The maximum absolute atomic E-state index is 14.4. The number of rotatable bonds is 3. The molecule has 1 aromatic carbocycles. The van der Waals surface area contributed by atoms with E-state index in [-0.39, 0.29) is 25.2 Å². The van der Waals surface area contributed by atoms with Crippen LogP contribution in [0.5, 0.6) is 11.5 Å². The number of Topliss-reactive ketones (excluding diaryl/α,β-unsaturated/α-hetero) is 1. The average molecular weight is 486 g/mol. The Hall–Kier alpha value is -3.34. The number of nitrogens with zero attached hydrogens (tertiary/aromatic N) is 2. The van der Waals surface area contributed by atoms with Crippen molar-refractivity contribution in [2.24, 2.45) is 5.41 Å². The van der Waals surface area contributed by atoms with Crippen molar-refractivity contribution in [2.45, 2.75) is 48.5 Å². The molecule has 3 saturated heterocycles. The van der Waals surface area contributed by atoms with Gasteiger partial charge in [0.2, 0.25) is 17.2 Å². The lowest BCUT2D eigenvalue weighted by Crippen LogP contribution is -2.84. The van der Waals surface area contributed by atoms with E-state index >= 15 is 0 Å². The zero-order valence-electron chi connectivity index (χ0n) is 19.9. The molecule has 1 aliphatic carbocycles.